The van der Waals surface area contributed by atoms with Gasteiger partial charge in [0, 0.05) is 18.8 Å². The van der Waals surface area contributed by atoms with Gasteiger partial charge in [-0.25, -0.2) is 0 Å². The first kappa shape index (κ1) is 18.3. The van der Waals surface area contributed by atoms with Gasteiger partial charge in [0.15, 0.2) is 0 Å². The fourth-order valence-corrected chi connectivity index (χ4v) is 3.58. The van der Waals surface area contributed by atoms with E-state index in [1.54, 1.807) is 0 Å². The second kappa shape index (κ2) is 8.27. The minimum Gasteiger partial charge on any atom is -0.389 e. The van der Waals surface area contributed by atoms with Crippen molar-refractivity contribution in [1.82, 2.24) is 9.80 Å². The molecule has 2 aliphatic heterocycles. The third kappa shape index (κ3) is 4.79. The van der Waals surface area contributed by atoms with Crippen LogP contribution < -0.4 is 5.32 Å². The smallest absolute Gasteiger partial charge is 0.238 e. The molecule has 25 heavy (non-hydrogen) atoms. The molecule has 0 bridgehead atoms. The number of nitrogens with one attached hydrogen (secondary N) is 1. The second-order valence-electron chi connectivity index (χ2n) is 7.19. The molecule has 2 aliphatic rings. The molecule has 0 unspecified atom stereocenters. The van der Waals surface area contributed by atoms with Crippen molar-refractivity contribution in [2.24, 2.45) is 0 Å². The Labute approximate surface area is 149 Å². The van der Waals surface area contributed by atoms with Crippen molar-refractivity contribution in [1.29, 1.82) is 0 Å². The lowest BCUT2D eigenvalue weighted by Gasteiger charge is -2.28. The summed E-state index contributed by atoms with van der Waals surface area (Å²) < 4.78 is 5.37. The standard InChI is InChI=1S/C19H29N3O3/c1-14-4-5-16(10-15(14)2)20-19(24)11-21-6-3-7-22(9-8-21)17-12-25-13-18(17)23/h4-5,10,17-18,23H,3,6-9,11-13H2,1-2H3,(H,20,24)/t17-,18-/m1/s1. The Morgan fingerprint density at radius 2 is 2.04 bits per heavy atom. The Bertz CT molecular complexity index is 608. The molecule has 0 aromatic heterocycles. The predicted molar refractivity (Wildman–Crippen MR) is 97.8 cm³/mol. The molecule has 2 heterocycles. The third-order valence-corrected chi connectivity index (χ3v) is 5.27. The van der Waals surface area contributed by atoms with E-state index in [1.807, 2.05) is 18.2 Å². The van der Waals surface area contributed by atoms with Crippen LogP contribution in [0, 0.1) is 13.8 Å². The molecule has 6 heteroatoms. The van der Waals surface area contributed by atoms with E-state index in [2.05, 4.69) is 29.0 Å². The van der Waals surface area contributed by atoms with Gasteiger partial charge in [0.05, 0.1) is 31.9 Å². The molecule has 0 aliphatic carbocycles. The number of benzene rings is 1. The van der Waals surface area contributed by atoms with Gasteiger partial charge in [0.2, 0.25) is 5.91 Å². The Kier molecular flexibility index (Phi) is 6.06. The predicted octanol–water partition coefficient (Wildman–Crippen LogP) is 1.01. The lowest BCUT2D eigenvalue weighted by Crippen LogP contribution is -2.45. The molecule has 2 atom stereocenters. The minimum atomic E-state index is -0.389. The number of aliphatic hydroxyl groups is 1. The van der Waals surface area contributed by atoms with E-state index in [4.69, 9.17) is 4.74 Å². The van der Waals surface area contributed by atoms with E-state index < -0.39 is 0 Å². The molecule has 6 nitrogen and oxygen atoms in total. The normalized spacial score (nSPS) is 25.7. The number of nitrogens with zero attached hydrogens (tertiary/aromatic N) is 2. The lowest BCUT2D eigenvalue weighted by molar-refractivity contribution is -0.117. The van der Waals surface area contributed by atoms with Crippen molar-refractivity contribution in [3.63, 3.8) is 0 Å². The third-order valence-electron chi connectivity index (χ3n) is 5.27. The monoisotopic (exact) mass is 347 g/mol. The summed E-state index contributed by atoms with van der Waals surface area (Å²) in [6, 6.07) is 6.10. The van der Waals surface area contributed by atoms with Crippen LogP contribution in [0.4, 0.5) is 5.69 Å². The molecule has 1 amide bonds. The van der Waals surface area contributed by atoms with Gasteiger partial charge >= 0.3 is 0 Å². The summed E-state index contributed by atoms with van der Waals surface area (Å²) in [6.45, 7) is 9.11. The van der Waals surface area contributed by atoms with Gasteiger partial charge in [-0.3, -0.25) is 14.6 Å². The van der Waals surface area contributed by atoms with Gasteiger partial charge < -0.3 is 15.2 Å². The summed E-state index contributed by atoms with van der Waals surface area (Å²) in [6.07, 6.45) is 0.611. The summed E-state index contributed by atoms with van der Waals surface area (Å²) in [4.78, 5) is 16.9. The Balaban J connectivity index is 1.49. The number of amides is 1. The quantitative estimate of drug-likeness (QED) is 0.851. The fourth-order valence-electron chi connectivity index (χ4n) is 3.58. The van der Waals surface area contributed by atoms with Crippen LogP contribution in [0.2, 0.25) is 0 Å². The number of aryl methyl sites for hydroxylation is 2. The SMILES string of the molecule is Cc1ccc(NC(=O)CN2CCCN([C@@H]3COC[C@H]3O)CC2)cc1C. The van der Waals surface area contributed by atoms with Crippen molar-refractivity contribution < 1.29 is 14.6 Å². The summed E-state index contributed by atoms with van der Waals surface area (Å²) in [7, 11) is 0. The number of anilines is 1. The van der Waals surface area contributed by atoms with Crippen LogP contribution in [0.5, 0.6) is 0 Å². The van der Waals surface area contributed by atoms with Crippen molar-refractivity contribution >= 4 is 11.6 Å². The molecular formula is C19H29N3O3. The summed E-state index contributed by atoms with van der Waals surface area (Å²) >= 11 is 0. The van der Waals surface area contributed by atoms with E-state index in [0.717, 1.165) is 38.3 Å². The van der Waals surface area contributed by atoms with Gasteiger partial charge in [-0.15, -0.1) is 0 Å². The molecule has 2 fully saturated rings. The highest BCUT2D eigenvalue weighted by Crippen LogP contribution is 2.17. The van der Waals surface area contributed by atoms with Crippen molar-refractivity contribution in [2.45, 2.75) is 32.4 Å². The van der Waals surface area contributed by atoms with E-state index in [-0.39, 0.29) is 18.1 Å². The van der Waals surface area contributed by atoms with E-state index in [0.29, 0.717) is 19.8 Å². The first-order chi connectivity index (χ1) is 12.0. The lowest BCUT2D eigenvalue weighted by atomic mass is 10.1. The van der Waals surface area contributed by atoms with Crippen LogP contribution in [0.15, 0.2) is 18.2 Å². The average molecular weight is 347 g/mol. The van der Waals surface area contributed by atoms with Crippen molar-refractivity contribution in [3.05, 3.63) is 29.3 Å². The molecular weight excluding hydrogens is 318 g/mol. The maximum atomic E-state index is 12.4. The van der Waals surface area contributed by atoms with Crippen LogP contribution in [0.3, 0.4) is 0 Å². The number of aliphatic hydroxyl groups excluding tert-OH is 1. The number of carbonyl (C=O) groups excluding carboxylic acids is 1. The molecule has 0 spiro atoms. The molecule has 0 radical (unpaired) electrons. The van der Waals surface area contributed by atoms with Crippen molar-refractivity contribution in [3.8, 4) is 0 Å². The van der Waals surface area contributed by atoms with Gasteiger partial charge in [-0.05, 0) is 56.6 Å². The zero-order chi connectivity index (χ0) is 17.8. The molecule has 138 valence electrons. The maximum absolute atomic E-state index is 12.4. The first-order valence-corrected chi connectivity index (χ1v) is 9.12. The number of hydrogen-bond acceptors (Lipinski definition) is 5. The van der Waals surface area contributed by atoms with Crippen LogP contribution in [-0.2, 0) is 9.53 Å². The van der Waals surface area contributed by atoms with Crippen LogP contribution >= 0.6 is 0 Å². The topological polar surface area (TPSA) is 65.0 Å². The molecule has 2 saturated heterocycles. The van der Waals surface area contributed by atoms with Crippen LogP contribution in [0.1, 0.15) is 17.5 Å². The summed E-state index contributed by atoms with van der Waals surface area (Å²) in [5, 5.41) is 13.0. The van der Waals surface area contributed by atoms with Gasteiger partial charge in [-0.2, -0.15) is 0 Å². The summed E-state index contributed by atoms with van der Waals surface area (Å²) in [5.41, 5.74) is 3.26. The highest BCUT2D eigenvalue weighted by atomic mass is 16.5. The number of ether oxygens (including phenoxy) is 1. The van der Waals surface area contributed by atoms with Gasteiger partial charge in [0.1, 0.15) is 0 Å². The highest BCUT2D eigenvalue weighted by molar-refractivity contribution is 5.92. The fraction of sp³-hybridized carbons (Fsp3) is 0.632. The summed E-state index contributed by atoms with van der Waals surface area (Å²) in [5.74, 6) is 0.0286. The average Bonchev–Trinajstić information content (AvgIpc) is 2.86. The minimum absolute atomic E-state index is 0.0286. The molecule has 2 N–H and O–H groups in total. The van der Waals surface area contributed by atoms with E-state index >= 15 is 0 Å². The van der Waals surface area contributed by atoms with E-state index in [9.17, 15) is 9.90 Å². The van der Waals surface area contributed by atoms with Crippen molar-refractivity contribution in [2.75, 3.05) is 51.3 Å². The molecule has 0 saturated carbocycles. The first-order valence-electron chi connectivity index (χ1n) is 9.12. The zero-order valence-electron chi connectivity index (χ0n) is 15.2. The highest BCUT2D eigenvalue weighted by Gasteiger charge is 2.32. The van der Waals surface area contributed by atoms with Gasteiger partial charge in [-0.1, -0.05) is 6.07 Å². The van der Waals surface area contributed by atoms with E-state index in [1.165, 1.54) is 11.1 Å². The number of hydrogen-bond donors (Lipinski definition) is 2. The number of rotatable bonds is 4. The van der Waals surface area contributed by atoms with Crippen LogP contribution in [0.25, 0.3) is 0 Å². The largest absolute Gasteiger partial charge is 0.389 e. The maximum Gasteiger partial charge on any atom is 0.238 e. The Morgan fingerprint density at radius 3 is 2.76 bits per heavy atom. The Morgan fingerprint density at radius 1 is 1.20 bits per heavy atom. The van der Waals surface area contributed by atoms with Gasteiger partial charge in [0.25, 0.3) is 0 Å². The second-order valence-corrected chi connectivity index (χ2v) is 7.19. The van der Waals surface area contributed by atoms with Crippen LogP contribution in [-0.4, -0.2) is 78.9 Å². The Hall–Kier alpha value is -1.47. The number of carbonyl (C=O) groups is 1. The molecule has 3 rings (SSSR count). The molecule has 1 aromatic carbocycles. The molecule has 1 aromatic rings. The zero-order valence-corrected chi connectivity index (χ0v) is 15.2.